The van der Waals surface area contributed by atoms with Gasteiger partial charge in [0.05, 0.1) is 23.5 Å². The Morgan fingerprint density at radius 2 is 1.91 bits per heavy atom. The van der Waals surface area contributed by atoms with Gasteiger partial charge >= 0.3 is 0 Å². The van der Waals surface area contributed by atoms with Crippen molar-refractivity contribution in [2.75, 3.05) is 30.4 Å². The third-order valence-electron chi connectivity index (χ3n) is 5.97. The maximum Gasteiger partial charge on any atom is 0.247 e. The number of para-hydroxylation sites is 1. The molecule has 1 atom stereocenters. The van der Waals surface area contributed by atoms with Crippen molar-refractivity contribution in [3.63, 3.8) is 0 Å². The predicted molar refractivity (Wildman–Crippen MR) is 140 cm³/mol. The number of nitrogens with zero attached hydrogens (tertiary/aromatic N) is 2. The molecule has 1 N–H and O–H groups in total. The highest BCUT2D eigenvalue weighted by atomic mass is 32.2. The lowest BCUT2D eigenvalue weighted by Crippen LogP contribution is -2.44. The Morgan fingerprint density at radius 3 is 2.63 bits per heavy atom. The SMILES string of the molecule is CCOc1ccc(N2C(=O)CSc3c(c4ccccc4n3C)[C@@H]2C(=O)NCCCOC(C)C)cc1. The van der Waals surface area contributed by atoms with Gasteiger partial charge in [0.25, 0.3) is 0 Å². The normalized spacial score (nSPS) is 15.9. The number of rotatable bonds is 9. The summed E-state index contributed by atoms with van der Waals surface area (Å²) >= 11 is 1.48. The second-order valence-corrected chi connectivity index (χ2v) is 9.71. The van der Waals surface area contributed by atoms with Gasteiger partial charge in [0.2, 0.25) is 11.8 Å². The van der Waals surface area contributed by atoms with Gasteiger partial charge in [-0.1, -0.05) is 30.0 Å². The predicted octanol–water partition coefficient (Wildman–Crippen LogP) is 4.69. The van der Waals surface area contributed by atoms with E-state index in [1.807, 2.05) is 76.3 Å². The zero-order valence-corrected chi connectivity index (χ0v) is 21.6. The molecule has 0 spiro atoms. The molecule has 0 fully saturated rings. The Kier molecular flexibility index (Phi) is 8.03. The molecule has 186 valence electrons. The molecule has 1 aromatic heterocycles. The van der Waals surface area contributed by atoms with E-state index in [2.05, 4.69) is 9.88 Å². The molecule has 0 radical (unpaired) electrons. The van der Waals surface area contributed by atoms with Crippen molar-refractivity contribution in [1.82, 2.24) is 9.88 Å². The number of aromatic nitrogens is 1. The summed E-state index contributed by atoms with van der Waals surface area (Å²) in [6.07, 6.45) is 0.848. The molecule has 0 saturated carbocycles. The molecule has 35 heavy (non-hydrogen) atoms. The average Bonchev–Trinajstić information content (AvgIpc) is 3.02. The number of aryl methyl sites for hydroxylation is 1. The number of nitrogens with one attached hydrogen (secondary N) is 1. The minimum absolute atomic E-state index is 0.109. The van der Waals surface area contributed by atoms with E-state index in [-0.39, 0.29) is 23.7 Å². The van der Waals surface area contributed by atoms with Gasteiger partial charge in [0.1, 0.15) is 11.8 Å². The number of fused-ring (bicyclic) bond motifs is 3. The number of carbonyl (C=O) groups is 2. The molecule has 4 rings (SSSR count). The summed E-state index contributed by atoms with van der Waals surface area (Å²) in [4.78, 5) is 28.9. The van der Waals surface area contributed by atoms with Gasteiger partial charge in [-0.25, -0.2) is 0 Å². The molecule has 0 bridgehead atoms. The third-order valence-corrected chi connectivity index (χ3v) is 7.13. The molecule has 1 aliphatic heterocycles. The summed E-state index contributed by atoms with van der Waals surface area (Å²) in [5.74, 6) is 0.667. The number of ether oxygens (including phenoxy) is 2. The van der Waals surface area contributed by atoms with Crippen LogP contribution in [-0.2, 0) is 21.4 Å². The van der Waals surface area contributed by atoms with Crippen molar-refractivity contribution in [1.29, 1.82) is 0 Å². The van der Waals surface area contributed by atoms with E-state index in [4.69, 9.17) is 9.47 Å². The van der Waals surface area contributed by atoms with Crippen LogP contribution in [0, 0.1) is 0 Å². The van der Waals surface area contributed by atoms with Gasteiger partial charge in [-0.15, -0.1) is 0 Å². The molecular formula is C27H33N3O4S. The molecule has 8 heteroatoms. The number of anilines is 1. The van der Waals surface area contributed by atoms with Crippen molar-refractivity contribution < 1.29 is 19.1 Å². The second-order valence-electron chi connectivity index (χ2n) is 8.74. The lowest BCUT2D eigenvalue weighted by atomic mass is 10.0. The first-order valence-electron chi connectivity index (χ1n) is 12.1. The molecule has 0 saturated heterocycles. The van der Waals surface area contributed by atoms with Crippen molar-refractivity contribution in [2.24, 2.45) is 7.05 Å². The Bertz CT molecular complexity index is 1190. The first-order valence-corrected chi connectivity index (χ1v) is 13.0. The van der Waals surface area contributed by atoms with Crippen LogP contribution in [0.2, 0.25) is 0 Å². The quantitative estimate of drug-likeness (QED) is 0.436. The summed E-state index contributed by atoms with van der Waals surface area (Å²) in [5, 5.41) is 4.98. The molecule has 2 amide bonds. The van der Waals surface area contributed by atoms with E-state index in [1.54, 1.807) is 4.90 Å². The van der Waals surface area contributed by atoms with E-state index < -0.39 is 6.04 Å². The lowest BCUT2D eigenvalue weighted by Gasteiger charge is -2.30. The van der Waals surface area contributed by atoms with E-state index in [0.29, 0.717) is 31.9 Å². The molecule has 1 aliphatic rings. The smallest absolute Gasteiger partial charge is 0.247 e. The summed E-state index contributed by atoms with van der Waals surface area (Å²) < 4.78 is 13.3. The summed E-state index contributed by atoms with van der Waals surface area (Å²) in [5.41, 5.74) is 2.57. The fraction of sp³-hybridized carbons (Fsp3) is 0.407. The standard InChI is InChI=1S/C27H33N3O4S/c1-5-33-20-13-11-19(12-14-20)30-23(31)17-35-27-24(21-9-6-7-10-22(21)29(27)4)25(30)26(32)28-15-8-16-34-18(2)3/h6-7,9-14,18,25H,5,8,15-17H2,1-4H3,(H,28,32)/t25-/m1/s1. The van der Waals surface area contributed by atoms with Crippen LogP contribution in [0.3, 0.4) is 0 Å². The molecule has 3 aromatic rings. The zero-order chi connectivity index (χ0) is 24.9. The maximum atomic E-state index is 13.8. The molecular weight excluding hydrogens is 462 g/mol. The molecule has 0 unspecified atom stereocenters. The summed E-state index contributed by atoms with van der Waals surface area (Å²) in [6, 6.07) is 14.6. The summed E-state index contributed by atoms with van der Waals surface area (Å²) in [7, 11) is 1.99. The van der Waals surface area contributed by atoms with Crippen LogP contribution in [0.25, 0.3) is 10.9 Å². The summed E-state index contributed by atoms with van der Waals surface area (Å²) in [6.45, 7) is 7.51. The van der Waals surface area contributed by atoms with Crippen LogP contribution in [0.1, 0.15) is 38.8 Å². The van der Waals surface area contributed by atoms with Crippen LogP contribution < -0.4 is 15.0 Å². The highest BCUT2D eigenvalue weighted by Crippen LogP contribution is 2.43. The second kappa shape index (κ2) is 11.2. The fourth-order valence-electron chi connectivity index (χ4n) is 4.42. The Morgan fingerprint density at radius 1 is 1.17 bits per heavy atom. The van der Waals surface area contributed by atoms with E-state index in [0.717, 1.165) is 27.2 Å². The average molecular weight is 496 g/mol. The zero-order valence-electron chi connectivity index (χ0n) is 20.7. The van der Waals surface area contributed by atoms with Gasteiger partial charge in [0.15, 0.2) is 0 Å². The van der Waals surface area contributed by atoms with Crippen molar-refractivity contribution >= 4 is 40.2 Å². The van der Waals surface area contributed by atoms with E-state index in [9.17, 15) is 9.59 Å². The minimum atomic E-state index is -0.789. The van der Waals surface area contributed by atoms with Crippen LogP contribution in [0.5, 0.6) is 5.75 Å². The van der Waals surface area contributed by atoms with Gasteiger partial charge in [-0.2, -0.15) is 0 Å². The lowest BCUT2D eigenvalue weighted by molar-refractivity contribution is -0.125. The Labute approximate surface area is 210 Å². The van der Waals surface area contributed by atoms with E-state index >= 15 is 0 Å². The molecule has 2 aromatic carbocycles. The molecule has 7 nitrogen and oxygen atoms in total. The number of amides is 2. The monoisotopic (exact) mass is 495 g/mol. The number of thioether (sulfide) groups is 1. The minimum Gasteiger partial charge on any atom is -0.494 e. The highest BCUT2D eigenvalue weighted by molar-refractivity contribution is 8.00. The number of benzene rings is 2. The van der Waals surface area contributed by atoms with E-state index in [1.165, 1.54) is 11.8 Å². The van der Waals surface area contributed by atoms with Gasteiger partial charge in [-0.05, 0) is 57.5 Å². The van der Waals surface area contributed by atoms with Crippen LogP contribution in [0.15, 0.2) is 53.6 Å². The van der Waals surface area contributed by atoms with Crippen LogP contribution in [0.4, 0.5) is 5.69 Å². The van der Waals surface area contributed by atoms with Crippen LogP contribution >= 0.6 is 11.8 Å². The van der Waals surface area contributed by atoms with Gasteiger partial charge < -0.3 is 19.4 Å². The molecule has 2 heterocycles. The number of hydrogen-bond donors (Lipinski definition) is 1. The van der Waals surface area contributed by atoms with Crippen LogP contribution in [-0.4, -0.2) is 48.0 Å². The maximum absolute atomic E-state index is 13.8. The largest absolute Gasteiger partial charge is 0.494 e. The number of carbonyl (C=O) groups excluding carboxylic acids is 2. The van der Waals surface area contributed by atoms with Crippen molar-refractivity contribution in [2.45, 2.75) is 44.4 Å². The first-order chi connectivity index (χ1) is 16.9. The van der Waals surface area contributed by atoms with Gasteiger partial charge in [0, 0.05) is 42.4 Å². The highest BCUT2D eigenvalue weighted by Gasteiger charge is 2.39. The Balaban J connectivity index is 1.74. The fourth-order valence-corrected chi connectivity index (χ4v) is 5.49. The van der Waals surface area contributed by atoms with Crippen molar-refractivity contribution in [3.05, 3.63) is 54.1 Å². The topological polar surface area (TPSA) is 72.8 Å². The number of hydrogen-bond acceptors (Lipinski definition) is 5. The Hall–Kier alpha value is -2.97. The third kappa shape index (κ3) is 5.33. The molecule has 0 aliphatic carbocycles. The van der Waals surface area contributed by atoms with Gasteiger partial charge in [-0.3, -0.25) is 14.5 Å². The first kappa shape index (κ1) is 25.1. The van der Waals surface area contributed by atoms with Crippen molar-refractivity contribution in [3.8, 4) is 5.75 Å².